The molecule has 0 atom stereocenters. The van der Waals surface area contributed by atoms with Gasteiger partial charge in [0, 0.05) is 12.1 Å². The molecule has 0 bridgehead atoms. The summed E-state index contributed by atoms with van der Waals surface area (Å²) < 4.78 is 13.6. The highest BCUT2D eigenvalue weighted by Gasteiger charge is 2.20. The second kappa shape index (κ2) is 5.82. The summed E-state index contributed by atoms with van der Waals surface area (Å²) in [4.78, 5) is 22.2. The fraction of sp³-hybridized carbons (Fsp3) is 0.429. The largest absolute Gasteiger partial charge is 0.481 e. The van der Waals surface area contributed by atoms with Gasteiger partial charge in [0.2, 0.25) is 5.91 Å². The average molecular weight is 265 g/mol. The van der Waals surface area contributed by atoms with E-state index in [4.69, 9.17) is 5.11 Å². The second-order valence-electron chi connectivity index (χ2n) is 4.93. The number of carboxylic acids is 1. The molecular weight excluding hydrogens is 249 g/mol. The molecule has 2 rings (SSSR count). The van der Waals surface area contributed by atoms with Crippen LogP contribution in [-0.4, -0.2) is 17.0 Å². The molecule has 1 aliphatic carbocycles. The minimum absolute atomic E-state index is 0.115. The van der Waals surface area contributed by atoms with E-state index in [9.17, 15) is 14.0 Å². The predicted molar refractivity (Wildman–Crippen MR) is 68.3 cm³/mol. The molecule has 1 aliphatic rings. The Morgan fingerprint density at radius 1 is 1.37 bits per heavy atom. The van der Waals surface area contributed by atoms with Crippen LogP contribution in [0.3, 0.4) is 0 Å². The first-order valence-electron chi connectivity index (χ1n) is 6.34. The number of amides is 1. The maximum atomic E-state index is 13.6. The van der Waals surface area contributed by atoms with Gasteiger partial charge in [-0.05, 0) is 36.5 Å². The van der Waals surface area contributed by atoms with Crippen molar-refractivity contribution >= 4 is 17.6 Å². The van der Waals surface area contributed by atoms with Crippen molar-refractivity contribution in [3.8, 4) is 0 Å². The number of hydrogen-bond acceptors (Lipinski definition) is 2. The zero-order valence-corrected chi connectivity index (χ0v) is 10.5. The van der Waals surface area contributed by atoms with Gasteiger partial charge in [0.1, 0.15) is 5.82 Å². The quantitative estimate of drug-likeness (QED) is 0.860. The Balaban J connectivity index is 1.94. The van der Waals surface area contributed by atoms with E-state index >= 15 is 0 Å². The van der Waals surface area contributed by atoms with Crippen molar-refractivity contribution in [3.63, 3.8) is 0 Å². The fourth-order valence-electron chi connectivity index (χ4n) is 2.10. The Bertz CT molecular complexity index is 497. The zero-order valence-electron chi connectivity index (χ0n) is 10.5. The fourth-order valence-corrected chi connectivity index (χ4v) is 2.10. The lowest BCUT2D eigenvalue weighted by Gasteiger charge is -2.24. The van der Waals surface area contributed by atoms with E-state index in [0.29, 0.717) is 18.0 Å². The molecule has 0 spiro atoms. The molecule has 1 amide bonds. The van der Waals surface area contributed by atoms with Crippen LogP contribution in [0.1, 0.15) is 31.2 Å². The molecule has 0 aliphatic heterocycles. The highest BCUT2D eigenvalue weighted by molar-refractivity contribution is 5.91. The van der Waals surface area contributed by atoms with Gasteiger partial charge in [-0.15, -0.1) is 0 Å². The lowest BCUT2D eigenvalue weighted by atomic mass is 9.83. The van der Waals surface area contributed by atoms with Crippen molar-refractivity contribution in [3.05, 3.63) is 29.6 Å². The van der Waals surface area contributed by atoms with Gasteiger partial charge in [-0.3, -0.25) is 9.59 Å². The van der Waals surface area contributed by atoms with Crippen molar-refractivity contribution < 1.29 is 19.1 Å². The van der Waals surface area contributed by atoms with E-state index in [-0.39, 0.29) is 17.9 Å². The minimum Gasteiger partial charge on any atom is -0.481 e. The summed E-state index contributed by atoms with van der Waals surface area (Å²) in [6.45, 7) is 0. The number of carboxylic acid groups (broad SMARTS) is 1. The lowest BCUT2D eigenvalue weighted by molar-refractivity contribution is -0.136. The molecular formula is C14H16FNO3. The maximum Gasteiger partial charge on any atom is 0.307 e. The van der Waals surface area contributed by atoms with Crippen LogP contribution >= 0.6 is 0 Å². The van der Waals surface area contributed by atoms with Gasteiger partial charge >= 0.3 is 5.97 Å². The Morgan fingerprint density at radius 3 is 2.63 bits per heavy atom. The van der Waals surface area contributed by atoms with Gasteiger partial charge < -0.3 is 10.4 Å². The molecule has 0 unspecified atom stereocenters. The predicted octanol–water partition coefficient (Wildman–Crippen LogP) is 2.58. The van der Waals surface area contributed by atoms with Crippen LogP contribution in [0.2, 0.25) is 0 Å². The summed E-state index contributed by atoms with van der Waals surface area (Å²) >= 11 is 0. The van der Waals surface area contributed by atoms with Crippen LogP contribution in [0.15, 0.2) is 18.2 Å². The number of hydrogen-bond donors (Lipinski definition) is 2. The number of carbonyl (C=O) groups is 2. The Kier molecular flexibility index (Phi) is 4.14. The Morgan fingerprint density at radius 2 is 2.11 bits per heavy atom. The number of benzene rings is 1. The summed E-state index contributed by atoms with van der Waals surface area (Å²) in [7, 11) is 0. The second-order valence-corrected chi connectivity index (χ2v) is 4.93. The number of aliphatic carboxylic acids is 1. The summed E-state index contributed by atoms with van der Waals surface area (Å²) in [5, 5.41) is 11.2. The molecule has 2 N–H and O–H groups in total. The number of carbonyl (C=O) groups excluding carboxylic acids is 1. The van der Waals surface area contributed by atoms with E-state index in [2.05, 4.69) is 5.32 Å². The summed E-state index contributed by atoms with van der Waals surface area (Å²) in [5.41, 5.74) is 0.487. The van der Waals surface area contributed by atoms with Gasteiger partial charge in [-0.2, -0.15) is 0 Å². The lowest BCUT2D eigenvalue weighted by Crippen LogP contribution is -2.21. The van der Waals surface area contributed by atoms with Gasteiger partial charge in [-0.1, -0.05) is 12.5 Å². The summed E-state index contributed by atoms with van der Waals surface area (Å²) in [6.07, 6.45) is 3.45. The van der Waals surface area contributed by atoms with Crippen LogP contribution in [-0.2, 0) is 16.0 Å². The molecule has 1 fully saturated rings. The molecule has 1 aromatic rings. The van der Waals surface area contributed by atoms with E-state index in [1.54, 1.807) is 0 Å². The van der Waals surface area contributed by atoms with Crippen LogP contribution in [0, 0.1) is 11.7 Å². The molecule has 4 nitrogen and oxygen atoms in total. The van der Waals surface area contributed by atoms with Crippen molar-refractivity contribution in [2.24, 2.45) is 5.92 Å². The van der Waals surface area contributed by atoms with Gasteiger partial charge in [0.15, 0.2) is 0 Å². The van der Waals surface area contributed by atoms with E-state index in [1.807, 2.05) is 0 Å². The highest BCUT2D eigenvalue weighted by Crippen LogP contribution is 2.29. The molecule has 102 valence electrons. The molecule has 1 saturated carbocycles. The molecule has 0 heterocycles. The molecule has 5 heteroatoms. The minimum atomic E-state index is -1.08. The topological polar surface area (TPSA) is 66.4 Å². The third-order valence-corrected chi connectivity index (χ3v) is 3.38. The molecule has 0 aromatic heterocycles. The van der Waals surface area contributed by atoms with E-state index < -0.39 is 11.8 Å². The third kappa shape index (κ3) is 3.77. The van der Waals surface area contributed by atoms with Gasteiger partial charge in [0.25, 0.3) is 0 Å². The van der Waals surface area contributed by atoms with Crippen molar-refractivity contribution in [1.82, 2.24) is 0 Å². The highest BCUT2D eigenvalue weighted by atomic mass is 19.1. The average Bonchev–Trinajstić information content (AvgIpc) is 2.27. The standard InChI is InChI=1S/C14H16FNO3/c15-12-8-11(5-4-10(12)7-14(18)19)16-13(17)6-9-2-1-3-9/h4-5,8-9H,1-3,6-7H2,(H,16,17)(H,18,19). The smallest absolute Gasteiger partial charge is 0.307 e. The third-order valence-electron chi connectivity index (χ3n) is 3.38. The number of halogens is 1. The number of rotatable bonds is 5. The molecule has 19 heavy (non-hydrogen) atoms. The molecule has 0 radical (unpaired) electrons. The van der Waals surface area contributed by atoms with Crippen molar-refractivity contribution in [2.75, 3.05) is 5.32 Å². The van der Waals surface area contributed by atoms with E-state index in [0.717, 1.165) is 18.9 Å². The van der Waals surface area contributed by atoms with Crippen LogP contribution in [0.4, 0.5) is 10.1 Å². The summed E-state index contributed by atoms with van der Waals surface area (Å²) in [6, 6.07) is 4.08. The van der Waals surface area contributed by atoms with E-state index in [1.165, 1.54) is 18.6 Å². The van der Waals surface area contributed by atoms with Crippen LogP contribution in [0.25, 0.3) is 0 Å². The number of anilines is 1. The normalized spacial score (nSPS) is 14.8. The van der Waals surface area contributed by atoms with Crippen molar-refractivity contribution in [2.45, 2.75) is 32.1 Å². The maximum absolute atomic E-state index is 13.6. The van der Waals surface area contributed by atoms with Gasteiger partial charge in [0.05, 0.1) is 6.42 Å². The van der Waals surface area contributed by atoms with Gasteiger partial charge in [-0.25, -0.2) is 4.39 Å². The molecule has 1 aromatic carbocycles. The Hall–Kier alpha value is -1.91. The zero-order chi connectivity index (χ0) is 13.8. The summed E-state index contributed by atoms with van der Waals surface area (Å²) in [5.74, 6) is -1.35. The number of nitrogens with one attached hydrogen (secondary N) is 1. The molecule has 0 saturated heterocycles. The first kappa shape index (κ1) is 13.5. The first-order valence-corrected chi connectivity index (χ1v) is 6.34. The SMILES string of the molecule is O=C(O)Cc1ccc(NC(=O)CC2CCC2)cc1F. The Labute approximate surface area is 110 Å². The van der Waals surface area contributed by atoms with Crippen LogP contribution in [0.5, 0.6) is 0 Å². The van der Waals surface area contributed by atoms with Crippen LogP contribution < -0.4 is 5.32 Å². The van der Waals surface area contributed by atoms with Crippen molar-refractivity contribution in [1.29, 1.82) is 0 Å². The first-order chi connectivity index (χ1) is 9.04. The monoisotopic (exact) mass is 265 g/mol.